The molecule has 0 radical (unpaired) electrons. The van der Waals surface area contributed by atoms with E-state index in [-0.39, 0.29) is 26.7 Å². The van der Waals surface area contributed by atoms with E-state index in [1.807, 2.05) is 6.07 Å². The van der Waals surface area contributed by atoms with E-state index < -0.39 is 11.8 Å². The Kier molecular flexibility index (Phi) is 5.17. The van der Waals surface area contributed by atoms with Gasteiger partial charge in [0.1, 0.15) is 11.6 Å². The fourth-order valence-corrected chi connectivity index (χ4v) is 2.46. The number of carboxylic acid groups (broad SMARTS) is 1. The molecule has 0 heterocycles. The highest BCUT2D eigenvalue weighted by Gasteiger charge is 2.18. The number of ketones is 1. The number of benzene rings is 2. The summed E-state index contributed by atoms with van der Waals surface area (Å²) in [5.74, 6) is -1.65. The Morgan fingerprint density at radius 3 is 2.09 bits per heavy atom. The first-order valence-corrected chi connectivity index (χ1v) is 7.13. The van der Waals surface area contributed by atoms with E-state index in [0.29, 0.717) is 5.56 Å². The third kappa shape index (κ3) is 3.78. The average molecular weight is 346 g/mol. The van der Waals surface area contributed by atoms with Crippen molar-refractivity contribution >= 4 is 41.0 Å². The standard InChI is InChI=1S/C17H9Cl2NO3/c18-13-2-1-3-14(19)15(13)16(21)12(9-20)8-10-4-6-11(7-5-10)17(22)23/h1-8H,(H,22,23)/b12-8-. The summed E-state index contributed by atoms with van der Waals surface area (Å²) in [5.41, 5.74) is 0.540. The van der Waals surface area contributed by atoms with Gasteiger partial charge in [0.05, 0.1) is 21.2 Å². The lowest BCUT2D eigenvalue weighted by Gasteiger charge is -2.05. The zero-order valence-electron chi connectivity index (χ0n) is 11.6. The monoisotopic (exact) mass is 345 g/mol. The lowest BCUT2D eigenvalue weighted by molar-refractivity contribution is 0.0696. The van der Waals surface area contributed by atoms with Gasteiger partial charge in [-0.3, -0.25) is 4.79 Å². The molecule has 0 fully saturated rings. The molecule has 0 atom stereocenters. The van der Waals surface area contributed by atoms with Crippen molar-refractivity contribution < 1.29 is 14.7 Å². The smallest absolute Gasteiger partial charge is 0.335 e. The Labute approximate surface area is 142 Å². The van der Waals surface area contributed by atoms with Crippen molar-refractivity contribution in [3.8, 4) is 6.07 Å². The van der Waals surface area contributed by atoms with E-state index in [1.54, 1.807) is 6.07 Å². The Bertz CT molecular complexity index is 829. The van der Waals surface area contributed by atoms with Crippen LogP contribution in [0.5, 0.6) is 0 Å². The zero-order valence-corrected chi connectivity index (χ0v) is 13.1. The number of allylic oxidation sites excluding steroid dienone is 1. The van der Waals surface area contributed by atoms with Crippen LogP contribution in [-0.4, -0.2) is 16.9 Å². The molecule has 0 aliphatic heterocycles. The maximum atomic E-state index is 12.4. The fourth-order valence-electron chi connectivity index (χ4n) is 1.89. The number of hydrogen-bond donors (Lipinski definition) is 1. The Balaban J connectivity index is 2.41. The van der Waals surface area contributed by atoms with Crippen LogP contribution in [-0.2, 0) is 0 Å². The SMILES string of the molecule is N#C/C(=C/c1ccc(C(=O)O)cc1)C(=O)c1c(Cl)cccc1Cl. The first-order valence-electron chi connectivity index (χ1n) is 6.38. The number of aromatic carboxylic acids is 1. The molecular weight excluding hydrogens is 337 g/mol. The van der Waals surface area contributed by atoms with E-state index in [2.05, 4.69) is 0 Å². The largest absolute Gasteiger partial charge is 0.478 e. The van der Waals surface area contributed by atoms with Gasteiger partial charge in [-0.2, -0.15) is 5.26 Å². The van der Waals surface area contributed by atoms with Crippen LogP contribution in [0.15, 0.2) is 48.0 Å². The van der Waals surface area contributed by atoms with Gasteiger partial charge in [-0.05, 0) is 35.9 Å². The number of nitriles is 1. The summed E-state index contributed by atoms with van der Waals surface area (Å²) in [6.07, 6.45) is 1.35. The van der Waals surface area contributed by atoms with Crippen molar-refractivity contribution in [3.05, 3.63) is 74.8 Å². The number of carbonyl (C=O) groups is 2. The van der Waals surface area contributed by atoms with Crippen molar-refractivity contribution in [2.45, 2.75) is 0 Å². The van der Waals surface area contributed by atoms with Gasteiger partial charge < -0.3 is 5.11 Å². The van der Waals surface area contributed by atoms with Gasteiger partial charge in [0, 0.05) is 0 Å². The first kappa shape index (κ1) is 16.8. The number of hydrogen-bond acceptors (Lipinski definition) is 3. The summed E-state index contributed by atoms with van der Waals surface area (Å²) >= 11 is 12.0. The minimum atomic E-state index is -1.06. The number of Topliss-reactive ketones (excluding diaryl/α,β-unsaturated/α-hetero) is 1. The van der Waals surface area contributed by atoms with Crippen LogP contribution in [0.4, 0.5) is 0 Å². The number of carbonyl (C=O) groups excluding carboxylic acids is 1. The van der Waals surface area contributed by atoms with E-state index in [9.17, 15) is 14.9 Å². The second-order valence-corrected chi connectivity index (χ2v) is 5.34. The molecule has 2 aromatic carbocycles. The van der Waals surface area contributed by atoms with Crippen LogP contribution in [0.25, 0.3) is 6.08 Å². The molecule has 0 bridgehead atoms. The summed E-state index contributed by atoms with van der Waals surface area (Å²) in [6.45, 7) is 0. The summed E-state index contributed by atoms with van der Waals surface area (Å²) in [7, 11) is 0. The molecule has 23 heavy (non-hydrogen) atoms. The molecule has 0 amide bonds. The lowest BCUT2D eigenvalue weighted by Crippen LogP contribution is -2.04. The number of halogens is 2. The van der Waals surface area contributed by atoms with Crippen LogP contribution < -0.4 is 0 Å². The predicted molar refractivity (Wildman–Crippen MR) is 87.8 cm³/mol. The van der Waals surface area contributed by atoms with Gasteiger partial charge in [0.2, 0.25) is 5.78 Å². The number of nitrogens with zero attached hydrogens (tertiary/aromatic N) is 1. The summed E-state index contributed by atoms with van der Waals surface area (Å²) in [4.78, 5) is 23.3. The van der Waals surface area contributed by atoms with E-state index in [0.717, 1.165) is 0 Å². The van der Waals surface area contributed by atoms with E-state index in [1.165, 1.54) is 42.5 Å². The minimum absolute atomic E-state index is 0.0609. The highest BCUT2D eigenvalue weighted by Crippen LogP contribution is 2.27. The molecular formula is C17H9Cl2NO3. The maximum Gasteiger partial charge on any atom is 0.335 e. The molecule has 1 N–H and O–H groups in total. The van der Waals surface area contributed by atoms with Gasteiger partial charge in [0.25, 0.3) is 0 Å². The fraction of sp³-hybridized carbons (Fsp3) is 0. The molecule has 6 heteroatoms. The normalized spacial score (nSPS) is 10.9. The number of rotatable bonds is 4. The van der Waals surface area contributed by atoms with Gasteiger partial charge in [0.15, 0.2) is 0 Å². The molecule has 0 aromatic heterocycles. The summed E-state index contributed by atoms with van der Waals surface area (Å²) < 4.78 is 0. The Hall–Kier alpha value is -2.61. The van der Waals surface area contributed by atoms with Crippen molar-refractivity contribution in [2.75, 3.05) is 0 Å². The van der Waals surface area contributed by atoms with Crippen molar-refractivity contribution in [1.29, 1.82) is 5.26 Å². The van der Waals surface area contributed by atoms with Crippen LogP contribution >= 0.6 is 23.2 Å². The molecule has 0 saturated carbocycles. The third-order valence-electron chi connectivity index (χ3n) is 3.02. The molecule has 2 aromatic rings. The molecule has 0 unspecified atom stereocenters. The first-order chi connectivity index (χ1) is 10.9. The average Bonchev–Trinajstić information content (AvgIpc) is 2.52. The highest BCUT2D eigenvalue weighted by atomic mass is 35.5. The van der Waals surface area contributed by atoms with Crippen molar-refractivity contribution in [3.63, 3.8) is 0 Å². The third-order valence-corrected chi connectivity index (χ3v) is 3.65. The van der Waals surface area contributed by atoms with Crippen LogP contribution in [0, 0.1) is 11.3 Å². The van der Waals surface area contributed by atoms with Crippen molar-refractivity contribution in [2.24, 2.45) is 0 Å². The predicted octanol–water partition coefficient (Wildman–Crippen LogP) is 4.48. The van der Waals surface area contributed by atoms with Gasteiger partial charge in [-0.25, -0.2) is 4.79 Å². The molecule has 0 saturated heterocycles. The van der Waals surface area contributed by atoms with Gasteiger partial charge in [-0.15, -0.1) is 0 Å². The van der Waals surface area contributed by atoms with Crippen LogP contribution in [0.1, 0.15) is 26.3 Å². The van der Waals surface area contributed by atoms with Crippen LogP contribution in [0.3, 0.4) is 0 Å². The molecule has 2 rings (SSSR count). The molecule has 4 nitrogen and oxygen atoms in total. The van der Waals surface area contributed by atoms with Gasteiger partial charge >= 0.3 is 5.97 Å². The molecule has 114 valence electrons. The highest BCUT2D eigenvalue weighted by molar-refractivity contribution is 6.41. The summed E-state index contributed by atoms with van der Waals surface area (Å²) in [5, 5.41) is 18.4. The topological polar surface area (TPSA) is 78.2 Å². The Morgan fingerprint density at radius 2 is 1.61 bits per heavy atom. The molecule has 0 spiro atoms. The van der Waals surface area contributed by atoms with E-state index >= 15 is 0 Å². The van der Waals surface area contributed by atoms with Gasteiger partial charge in [-0.1, -0.05) is 41.4 Å². The lowest BCUT2D eigenvalue weighted by atomic mass is 10.0. The van der Waals surface area contributed by atoms with E-state index in [4.69, 9.17) is 28.3 Å². The Morgan fingerprint density at radius 1 is 1.04 bits per heavy atom. The molecule has 0 aliphatic carbocycles. The second kappa shape index (κ2) is 7.10. The quantitative estimate of drug-likeness (QED) is 0.503. The van der Waals surface area contributed by atoms with Crippen LogP contribution in [0.2, 0.25) is 10.0 Å². The maximum absolute atomic E-state index is 12.4. The second-order valence-electron chi connectivity index (χ2n) is 4.52. The summed E-state index contributed by atoms with van der Waals surface area (Å²) in [6, 6.07) is 12.2. The number of carboxylic acids is 1. The zero-order chi connectivity index (χ0) is 17.0. The molecule has 0 aliphatic rings. The minimum Gasteiger partial charge on any atom is -0.478 e. The van der Waals surface area contributed by atoms with Crippen molar-refractivity contribution in [1.82, 2.24) is 0 Å².